The van der Waals surface area contributed by atoms with Crippen LogP contribution in [0.1, 0.15) is 124 Å². The number of nitrogens with one attached hydrogen (secondary N) is 1. The number of carbonyl (C=O) groups excluding carboxylic acids is 1. The van der Waals surface area contributed by atoms with Gasteiger partial charge >= 0.3 is 0 Å². The number of rotatable bonds is 15. The smallest absolute Gasteiger partial charge is 0.265 e. The molecule has 1 amide bonds. The van der Waals surface area contributed by atoms with Gasteiger partial charge in [0.2, 0.25) is 0 Å². The molecule has 44 heavy (non-hydrogen) atoms. The van der Waals surface area contributed by atoms with Gasteiger partial charge in [-0.3, -0.25) is 4.79 Å². The first kappa shape index (κ1) is 35.0. The van der Waals surface area contributed by atoms with E-state index in [1.165, 1.54) is 17.2 Å². The minimum atomic E-state index is -0.711. The lowest BCUT2D eigenvalue weighted by molar-refractivity contribution is -0.123. The summed E-state index contributed by atoms with van der Waals surface area (Å²) in [5.74, 6) is 1.62. The summed E-state index contributed by atoms with van der Waals surface area (Å²) < 4.78 is 12.8. The Hall–Kier alpha value is -3.47. The van der Waals surface area contributed by atoms with Gasteiger partial charge in [0.25, 0.3) is 5.91 Å². The molecule has 1 atom stereocenters. The van der Waals surface area contributed by atoms with Gasteiger partial charge in [-0.1, -0.05) is 99.9 Å². The second-order valence-corrected chi connectivity index (χ2v) is 14.0. The summed E-state index contributed by atoms with van der Waals surface area (Å²) in [5.41, 5.74) is 3.99. The predicted octanol–water partition coefficient (Wildman–Crippen LogP) is 10.8. The molecule has 5 nitrogen and oxygen atoms in total. The topological polar surface area (TPSA) is 67.8 Å². The van der Waals surface area contributed by atoms with Crippen molar-refractivity contribution >= 4 is 11.6 Å². The lowest BCUT2D eigenvalue weighted by atomic mass is 9.76. The Labute approximate surface area is 266 Å². The number of hydrogen-bond donors (Lipinski definition) is 2. The van der Waals surface area contributed by atoms with E-state index in [-0.39, 0.29) is 27.9 Å². The van der Waals surface area contributed by atoms with Crippen molar-refractivity contribution < 1.29 is 19.4 Å². The number of benzene rings is 3. The second kappa shape index (κ2) is 14.5. The highest BCUT2D eigenvalue weighted by Crippen LogP contribution is 2.40. The summed E-state index contributed by atoms with van der Waals surface area (Å²) in [4.78, 5) is 13.9. The third-order valence-corrected chi connectivity index (χ3v) is 9.61. The molecule has 0 saturated carbocycles. The van der Waals surface area contributed by atoms with Gasteiger partial charge in [0.15, 0.2) is 11.9 Å². The van der Waals surface area contributed by atoms with Crippen LogP contribution in [0.3, 0.4) is 0 Å². The normalized spacial score (nSPS) is 13.0. The van der Waals surface area contributed by atoms with E-state index in [9.17, 15) is 9.90 Å². The molecule has 0 aliphatic rings. The summed E-state index contributed by atoms with van der Waals surface area (Å²) in [6, 6.07) is 19.2. The number of aromatic hydroxyl groups is 1. The van der Waals surface area contributed by atoms with Crippen molar-refractivity contribution in [2.75, 3.05) is 5.32 Å². The molecule has 0 spiro atoms. The van der Waals surface area contributed by atoms with Crippen molar-refractivity contribution in [2.24, 2.45) is 0 Å². The molecule has 0 radical (unpaired) electrons. The number of anilines is 1. The first-order valence-corrected chi connectivity index (χ1v) is 16.4. The number of phenols is 1. The fraction of sp³-hybridized carbons (Fsp3) is 0.513. The van der Waals surface area contributed by atoms with Crippen molar-refractivity contribution in [1.29, 1.82) is 0 Å². The van der Waals surface area contributed by atoms with Gasteiger partial charge in [0.05, 0.1) is 5.69 Å². The third-order valence-electron chi connectivity index (χ3n) is 9.61. The van der Waals surface area contributed by atoms with E-state index in [4.69, 9.17) is 9.47 Å². The number of amides is 1. The molecule has 5 heteroatoms. The zero-order chi connectivity index (χ0) is 32.7. The van der Waals surface area contributed by atoms with Crippen molar-refractivity contribution in [3.05, 3.63) is 77.4 Å². The Morgan fingerprint density at radius 3 is 1.91 bits per heavy atom. The number of ether oxygens (including phenoxy) is 2. The molecule has 0 bridgehead atoms. The number of unbranched alkanes of at least 4 members (excludes halogenated alkanes) is 1. The third kappa shape index (κ3) is 8.58. The van der Waals surface area contributed by atoms with Crippen LogP contribution in [0, 0.1) is 0 Å². The van der Waals surface area contributed by atoms with E-state index in [2.05, 4.69) is 98.8 Å². The van der Waals surface area contributed by atoms with Gasteiger partial charge < -0.3 is 19.9 Å². The van der Waals surface area contributed by atoms with Crippen LogP contribution in [0.15, 0.2) is 60.7 Å². The van der Waals surface area contributed by atoms with E-state index in [0.29, 0.717) is 23.6 Å². The first-order valence-electron chi connectivity index (χ1n) is 16.4. The largest absolute Gasteiger partial charge is 0.508 e. The zero-order valence-corrected chi connectivity index (χ0v) is 28.8. The van der Waals surface area contributed by atoms with Crippen LogP contribution >= 0.6 is 0 Å². The Kier molecular flexibility index (Phi) is 11.6. The highest BCUT2D eigenvalue weighted by Gasteiger charge is 2.29. The Morgan fingerprint density at radius 2 is 1.32 bits per heavy atom. The lowest BCUT2D eigenvalue weighted by Gasteiger charge is -2.31. The summed E-state index contributed by atoms with van der Waals surface area (Å²) in [6.07, 6.45) is 4.63. The zero-order valence-electron chi connectivity index (χ0n) is 28.8. The van der Waals surface area contributed by atoms with E-state index in [1.54, 1.807) is 12.1 Å². The van der Waals surface area contributed by atoms with Crippen LogP contribution in [-0.4, -0.2) is 17.1 Å². The second-order valence-electron chi connectivity index (χ2n) is 14.0. The van der Waals surface area contributed by atoms with Gasteiger partial charge in [-0.05, 0) is 89.8 Å². The minimum Gasteiger partial charge on any atom is -0.508 e. The van der Waals surface area contributed by atoms with E-state index >= 15 is 0 Å². The van der Waals surface area contributed by atoms with E-state index in [1.807, 2.05) is 18.2 Å². The molecule has 0 aliphatic carbocycles. The molecule has 0 saturated heterocycles. The molecular weight excluding hydrogens is 546 g/mol. The van der Waals surface area contributed by atoms with Gasteiger partial charge in [-0.15, -0.1) is 0 Å². The maximum absolute atomic E-state index is 13.9. The van der Waals surface area contributed by atoms with E-state index in [0.717, 1.165) is 43.4 Å². The van der Waals surface area contributed by atoms with Crippen LogP contribution in [0.5, 0.6) is 23.0 Å². The molecule has 2 N–H and O–H groups in total. The van der Waals surface area contributed by atoms with Gasteiger partial charge in [-0.2, -0.15) is 0 Å². The highest BCUT2D eigenvalue weighted by atomic mass is 16.5. The van der Waals surface area contributed by atoms with Crippen LogP contribution in [0.4, 0.5) is 5.69 Å². The maximum Gasteiger partial charge on any atom is 0.265 e. The van der Waals surface area contributed by atoms with Crippen molar-refractivity contribution in [3.8, 4) is 23.0 Å². The summed E-state index contributed by atoms with van der Waals surface area (Å²) in [5, 5.41) is 13.3. The summed E-state index contributed by atoms with van der Waals surface area (Å²) in [7, 11) is 0. The standard InChI is InChI=1S/C39H55NO4/c1-11-15-16-35(44-33-23-19-28(38(7,8)13-3)25-31(33)39(9,10)14-4)36(42)40-32-26-29(41)20-24-34(32)43-30-21-17-27(18-22-30)37(5,6)12-2/h17-26,35,41H,11-16H2,1-10H3,(H,40,42). The number of carbonyl (C=O) groups is 1. The molecule has 0 aromatic heterocycles. The molecule has 3 aromatic rings. The molecule has 3 aromatic carbocycles. The van der Waals surface area contributed by atoms with Crippen molar-refractivity contribution in [1.82, 2.24) is 0 Å². The fourth-order valence-electron chi connectivity index (χ4n) is 4.99. The molecular formula is C39H55NO4. The van der Waals surface area contributed by atoms with Crippen molar-refractivity contribution in [3.63, 3.8) is 0 Å². The van der Waals surface area contributed by atoms with Crippen LogP contribution in [-0.2, 0) is 21.0 Å². The van der Waals surface area contributed by atoms with Gasteiger partial charge in [0.1, 0.15) is 17.2 Å². The van der Waals surface area contributed by atoms with Crippen LogP contribution in [0.25, 0.3) is 0 Å². The van der Waals surface area contributed by atoms with E-state index < -0.39 is 6.10 Å². The Balaban J connectivity index is 1.92. The molecule has 3 rings (SSSR count). The average molecular weight is 602 g/mol. The molecule has 0 heterocycles. The molecule has 0 fully saturated rings. The van der Waals surface area contributed by atoms with Crippen LogP contribution < -0.4 is 14.8 Å². The Bertz CT molecular complexity index is 1390. The predicted molar refractivity (Wildman–Crippen MR) is 184 cm³/mol. The average Bonchev–Trinajstić information content (AvgIpc) is 3.00. The highest BCUT2D eigenvalue weighted by molar-refractivity contribution is 5.96. The maximum atomic E-state index is 13.9. The quantitative estimate of drug-likeness (QED) is 0.182. The summed E-state index contributed by atoms with van der Waals surface area (Å²) in [6.45, 7) is 22.1. The first-order chi connectivity index (χ1) is 20.7. The fourth-order valence-corrected chi connectivity index (χ4v) is 4.99. The summed E-state index contributed by atoms with van der Waals surface area (Å²) >= 11 is 0. The van der Waals surface area contributed by atoms with Gasteiger partial charge in [0, 0.05) is 11.6 Å². The monoisotopic (exact) mass is 601 g/mol. The Morgan fingerprint density at radius 1 is 0.750 bits per heavy atom. The lowest BCUT2D eigenvalue weighted by Crippen LogP contribution is -2.34. The number of phenolic OH excluding ortho intramolecular Hbond substituents is 1. The van der Waals surface area contributed by atoms with Crippen LogP contribution in [0.2, 0.25) is 0 Å². The molecule has 0 aliphatic heterocycles. The number of hydrogen-bond acceptors (Lipinski definition) is 4. The minimum absolute atomic E-state index is 0.0360. The van der Waals surface area contributed by atoms with Crippen molar-refractivity contribution in [2.45, 2.75) is 130 Å². The molecule has 240 valence electrons. The SMILES string of the molecule is CCCCC(Oc1ccc(C(C)(C)CC)cc1C(C)(C)CC)C(=O)Nc1cc(O)ccc1Oc1ccc(C(C)(C)CC)cc1. The molecule has 1 unspecified atom stereocenters. The van der Waals surface area contributed by atoms with Gasteiger partial charge in [-0.25, -0.2) is 0 Å².